The van der Waals surface area contributed by atoms with Gasteiger partial charge in [-0.15, -0.1) is 12.4 Å². The third-order valence-electron chi connectivity index (χ3n) is 1.50. The topological polar surface area (TPSA) is 77.0 Å². The zero-order valence-corrected chi connectivity index (χ0v) is 9.47. The first kappa shape index (κ1) is 13.2. The maximum Gasteiger partial charge on any atom is 0.263 e. The van der Waals surface area contributed by atoms with Gasteiger partial charge in [0.2, 0.25) is 5.89 Å². The second kappa shape index (κ2) is 5.82. The molecule has 0 aliphatic rings. The van der Waals surface area contributed by atoms with Crippen LogP contribution in [-0.2, 0) is 0 Å². The summed E-state index contributed by atoms with van der Waals surface area (Å²) in [5.41, 5.74) is 5.56. The average Bonchev–Trinajstić information content (AvgIpc) is 2.48. The Morgan fingerprint density at radius 3 is 2.50 bits per heavy atom. The molecule has 0 aliphatic carbocycles. The van der Waals surface area contributed by atoms with Crippen molar-refractivity contribution in [2.75, 3.05) is 11.9 Å². The van der Waals surface area contributed by atoms with Gasteiger partial charge < -0.3 is 15.6 Å². The summed E-state index contributed by atoms with van der Waals surface area (Å²) in [6, 6.07) is -0.206. The molecule has 6 heteroatoms. The van der Waals surface area contributed by atoms with Crippen molar-refractivity contribution >= 4 is 18.4 Å². The minimum atomic E-state index is -0.206. The Bertz CT molecular complexity index is 262. The van der Waals surface area contributed by atoms with Crippen LogP contribution < -0.4 is 11.1 Å². The molecule has 0 saturated heterocycles. The number of hydrogen-bond donors (Lipinski definition) is 2. The quantitative estimate of drug-likeness (QED) is 0.806. The maximum absolute atomic E-state index is 5.56. The molecule has 5 nitrogen and oxygen atoms in total. The zero-order chi connectivity index (χ0) is 9.84. The van der Waals surface area contributed by atoms with E-state index in [9.17, 15) is 0 Å². The Kier molecular flexibility index (Phi) is 5.49. The number of nitrogens with zero attached hydrogens (tertiary/aromatic N) is 2. The summed E-state index contributed by atoms with van der Waals surface area (Å²) in [6.45, 7) is 6.86. The van der Waals surface area contributed by atoms with Gasteiger partial charge in [-0.3, -0.25) is 0 Å². The fourth-order valence-electron chi connectivity index (χ4n) is 0.787. The molecule has 1 heterocycles. The van der Waals surface area contributed by atoms with E-state index in [1.54, 1.807) is 6.92 Å². The molecule has 1 rings (SSSR count). The Morgan fingerprint density at radius 1 is 1.43 bits per heavy atom. The molecule has 1 atom stereocenters. The fourth-order valence-corrected chi connectivity index (χ4v) is 0.787. The highest BCUT2D eigenvalue weighted by Crippen LogP contribution is 2.09. The summed E-state index contributed by atoms with van der Waals surface area (Å²) in [5, 5.41) is 6.78. The number of nitrogens with one attached hydrogen (secondary N) is 1. The molecule has 0 unspecified atom stereocenters. The molecule has 0 fully saturated rings. The predicted octanol–water partition coefficient (Wildman–Crippen LogP) is 1.58. The van der Waals surface area contributed by atoms with Crippen LogP contribution >= 0.6 is 12.4 Å². The first-order chi connectivity index (χ1) is 6.09. The van der Waals surface area contributed by atoms with E-state index < -0.39 is 0 Å². The largest absolute Gasteiger partial charge is 0.351 e. The van der Waals surface area contributed by atoms with Crippen LogP contribution in [0.3, 0.4) is 0 Å². The standard InChI is InChI=1S/C8H16N4O.ClH/c1-5(2)4-10-8-11-7(6(3)9)13-12-8;/h5-6H,4,9H2,1-3H3,(H,10,12);1H/t6-;/m0./s1. The molecule has 0 bridgehead atoms. The maximum atomic E-state index is 5.56. The molecule has 0 spiro atoms. The molecular formula is C8H17ClN4O. The molecule has 1 aromatic heterocycles. The van der Waals surface area contributed by atoms with Gasteiger partial charge in [-0.25, -0.2) is 0 Å². The van der Waals surface area contributed by atoms with Crippen LogP contribution in [0.15, 0.2) is 4.52 Å². The molecule has 0 saturated carbocycles. The van der Waals surface area contributed by atoms with Crippen LogP contribution in [0.1, 0.15) is 32.7 Å². The highest BCUT2D eigenvalue weighted by molar-refractivity contribution is 5.85. The Morgan fingerprint density at radius 2 is 2.07 bits per heavy atom. The normalized spacial score (nSPS) is 12.4. The Balaban J connectivity index is 0.00000169. The minimum absolute atomic E-state index is 0. The van der Waals surface area contributed by atoms with Crippen molar-refractivity contribution in [1.29, 1.82) is 0 Å². The molecule has 1 aromatic rings. The highest BCUT2D eigenvalue weighted by Gasteiger charge is 2.09. The first-order valence-electron chi connectivity index (χ1n) is 4.42. The summed E-state index contributed by atoms with van der Waals surface area (Å²) in [5.74, 6) is 1.53. The van der Waals surface area contributed by atoms with E-state index >= 15 is 0 Å². The van der Waals surface area contributed by atoms with E-state index in [1.165, 1.54) is 0 Å². The van der Waals surface area contributed by atoms with Gasteiger partial charge in [-0.2, -0.15) is 4.98 Å². The number of nitrogens with two attached hydrogens (primary N) is 1. The van der Waals surface area contributed by atoms with E-state index in [-0.39, 0.29) is 18.4 Å². The van der Waals surface area contributed by atoms with Crippen LogP contribution in [0.25, 0.3) is 0 Å². The third-order valence-corrected chi connectivity index (χ3v) is 1.50. The van der Waals surface area contributed by atoms with Crippen LogP contribution in [0.4, 0.5) is 5.95 Å². The molecule has 0 aliphatic heterocycles. The Hall–Kier alpha value is -0.810. The van der Waals surface area contributed by atoms with E-state index in [2.05, 4.69) is 29.3 Å². The van der Waals surface area contributed by atoms with Gasteiger partial charge in [0.25, 0.3) is 5.95 Å². The lowest BCUT2D eigenvalue weighted by atomic mass is 10.2. The van der Waals surface area contributed by atoms with E-state index in [0.717, 1.165) is 6.54 Å². The lowest BCUT2D eigenvalue weighted by molar-refractivity contribution is 0.362. The van der Waals surface area contributed by atoms with Crippen LogP contribution in [0, 0.1) is 5.92 Å². The Labute approximate surface area is 89.8 Å². The smallest absolute Gasteiger partial charge is 0.263 e. The first-order valence-corrected chi connectivity index (χ1v) is 4.42. The predicted molar refractivity (Wildman–Crippen MR) is 57.5 cm³/mol. The summed E-state index contributed by atoms with van der Waals surface area (Å²) in [4.78, 5) is 4.07. The van der Waals surface area contributed by atoms with Crippen molar-refractivity contribution < 1.29 is 4.52 Å². The van der Waals surface area contributed by atoms with Crippen molar-refractivity contribution in [2.24, 2.45) is 11.7 Å². The van der Waals surface area contributed by atoms with E-state index in [4.69, 9.17) is 10.3 Å². The number of rotatable bonds is 4. The summed E-state index contributed by atoms with van der Waals surface area (Å²) in [7, 11) is 0. The minimum Gasteiger partial charge on any atom is -0.351 e. The molecule has 0 radical (unpaired) electrons. The fraction of sp³-hybridized carbons (Fsp3) is 0.750. The van der Waals surface area contributed by atoms with Crippen LogP contribution in [0.2, 0.25) is 0 Å². The summed E-state index contributed by atoms with van der Waals surface area (Å²) in [6.07, 6.45) is 0. The third kappa shape index (κ3) is 3.93. The lowest BCUT2D eigenvalue weighted by Gasteiger charge is -2.02. The number of aromatic nitrogens is 2. The van der Waals surface area contributed by atoms with E-state index in [1.807, 2.05) is 0 Å². The van der Waals surface area contributed by atoms with Gasteiger partial charge in [-0.05, 0) is 18.0 Å². The van der Waals surface area contributed by atoms with Crippen LogP contribution in [-0.4, -0.2) is 16.7 Å². The van der Waals surface area contributed by atoms with Crippen LogP contribution in [0.5, 0.6) is 0 Å². The second-order valence-corrected chi connectivity index (χ2v) is 3.52. The van der Waals surface area contributed by atoms with Crippen molar-refractivity contribution in [2.45, 2.75) is 26.8 Å². The van der Waals surface area contributed by atoms with Gasteiger partial charge in [0, 0.05) is 6.54 Å². The number of anilines is 1. The van der Waals surface area contributed by atoms with Crippen molar-refractivity contribution in [3.8, 4) is 0 Å². The summed E-state index contributed by atoms with van der Waals surface area (Å²) >= 11 is 0. The van der Waals surface area contributed by atoms with Gasteiger partial charge in [0.15, 0.2) is 0 Å². The molecule has 3 N–H and O–H groups in total. The lowest BCUT2D eigenvalue weighted by Crippen LogP contribution is -2.09. The zero-order valence-electron chi connectivity index (χ0n) is 8.65. The van der Waals surface area contributed by atoms with Crippen molar-refractivity contribution in [3.05, 3.63) is 5.89 Å². The van der Waals surface area contributed by atoms with Crippen molar-refractivity contribution in [3.63, 3.8) is 0 Å². The van der Waals surface area contributed by atoms with Gasteiger partial charge >= 0.3 is 0 Å². The van der Waals surface area contributed by atoms with Gasteiger partial charge in [-0.1, -0.05) is 13.8 Å². The SMILES string of the molecule is CC(C)CNc1noc([C@H](C)N)n1.Cl. The molecule has 82 valence electrons. The highest BCUT2D eigenvalue weighted by atomic mass is 35.5. The number of halogens is 1. The van der Waals surface area contributed by atoms with E-state index in [0.29, 0.717) is 17.8 Å². The molecule has 0 amide bonds. The number of hydrogen-bond acceptors (Lipinski definition) is 5. The molecule has 0 aromatic carbocycles. The molecular weight excluding hydrogens is 204 g/mol. The average molecular weight is 221 g/mol. The van der Waals surface area contributed by atoms with Crippen molar-refractivity contribution in [1.82, 2.24) is 10.1 Å². The monoisotopic (exact) mass is 220 g/mol. The molecule has 14 heavy (non-hydrogen) atoms. The van der Waals surface area contributed by atoms with Gasteiger partial charge in [0.1, 0.15) is 0 Å². The van der Waals surface area contributed by atoms with Gasteiger partial charge in [0.05, 0.1) is 6.04 Å². The second-order valence-electron chi connectivity index (χ2n) is 3.52. The summed E-state index contributed by atoms with van der Waals surface area (Å²) < 4.78 is 4.91.